The van der Waals surface area contributed by atoms with Gasteiger partial charge >= 0.3 is 5.97 Å². The molecule has 1 aromatic carbocycles. The molecule has 0 aliphatic rings. The Morgan fingerprint density at radius 3 is 2.72 bits per heavy atom. The number of aromatic nitrogens is 1. The number of carbonyl (C=O) groups is 1. The molecule has 2 rings (SSSR count). The van der Waals surface area contributed by atoms with E-state index >= 15 is 0 Å². The van der Waals surface area contributed by atoms with Gasteiger partial charge in [-0.1, -0.05) is 18.2 Å². The maximum atomic E-state index is 10.7. The summed E-state index contributed by atoms with van der Waals surface area (Å²) in [6.45, 7) is 0. The summed E-state index contributed by atoms with van der Waals surface area (Å²) in [5, 5.41) is 8.82. The molecule has 0 aliphatic heterocycles. The van der Waals surface area contributed by atoms with E-state index in [-0.39, 0.29) is 6.42 Å². The molecule has 1 aromatic heterocycles. The second-order valence-electron chi connectivity index (χ2n) is 3.59. The SMILES string of the molecule is O=C(O)Cc1ccccc1Oc1ccc(Br)cn1. The topological polar surface area (TPSA) is 59.4 Å². The number of nitrogens with zero attached hydrogens (tertiary/aromatic N) is 1. The molecule has 18 heavy (non-hydrogen) atoms. The maximum absolute atomic E-state index is 10.7. The molecule has 4 nitrogen and oxygen atoms in total. The zero-order valence-corrected chi connectivity index (χ0v) is 10.9. The van der Waals surface area contributed by atoms with Crippen molar-refractivity contribution in [1.29, 1.82) is 0 Å². The Morgan fingerprint density at radius 2 is 2.06 bits per heavy atom. The molecule has 0 amide bonds. The van der Waals surface area contributed by atoms with E-state index in [4.69, 9.17) is 9.84 Å². The molecule has 0 fully saturated rings. The van der Waals surface area contributed by atoms with E-state index in [9.17, 15) is 4.79 Å². The fourth-order valence-electron chi connectivity index (χ4n) is 1.45. The van der Waals surface area contributed by atoms with E-state index in [0.29, 0.717) is 17.2 Å². The van der Waals surface area contributed by atoms with Crippen molar-refractivity contribution in [3.63, 3.8) is 0 Å². The van der Waals surface area contributed by atoms with Gasteiger partial charge in [0, 0.05) is 22.3 Å². The Morgan fingerprint density at radius 1 is 1.28 bits per heavy atom. The van der Waals surface area contributed by atoms with Gasteiger partial charge in [-0.3, -0.25) is 4.79 Å². The van der Waals surface area contributed by atoms with Crippen molar-refractivity contribution in [2.45, 2.75) is 6.42 Å². The standard InChI is InChI=1S/C13H10BrNO3/c14-10-5-6-12(15-8-10)18-11-4-2-1-3-9(11)7-13(16)17/h1-6,8H,7H2,(H,16,17). The van der Waals surface area contributed by atoms with Crippen LogP contribution in [0.15, 0.2) is 47.1 Å². The van der Waals surface area contributed by atoms with Gasteiger partial charge in [0.2, 0.25) is 5.88 Å². The molecule has 0 aliphatic carbocycles. The molecular weight excluding hydrogens is 298 g/mol. The predicted octanol–water partition coefficient (Wildman–Crippen LogP) is 3.26. The van der Waals surface area contributed by atoms with Crippen molar-refractivity contribution in [2.24, 2.45) is 0 Å². The minimum absolute atomic E-state index is 0.0767. The lowest BCUT2D eigenvalue weighted by molar-refractivity contribution is -0.136. The normalized spacial score (nSPS) is 10.1. The highest BCUT2D eigenvalue weighted by molar-refractivity contribution is 9.10. The average molecular weight is 308 g/mol. The summed E-state index contributed by atoms with van der Waals surface area (Å²) < 4.78 is 6.43. The molecular formula is C13H10BrNO3. The van der Waals surface area contributed by atoms with Gasteiger partial charge in [-0.2, -0.15) is 0 Å². The van der Waals surface area contributed by atoms with Crippen molar-refractivity contribution in [1.82, 2.24) is 4.98 Å². The number of hydrogen-bond acceptors (Lipinski definition) is 3. The van der Waals surface area contributed by atoms with Crippen LogP contribution in [0.25, 0.3) is 0 Å². The first-order valence-corrected chi connectivity index (χ1v) is 6.03. The van der Waals surface area contributed by atoms with Crippen LogP contribution in [0.4, 0.5) is 0 Å². The summed E-state index contributed by atoms with van der Waals surface area (Å²) in [5.74, 6) is 0.0422. The number of benzene rings is 1. The maximum Gasteiger partial charge on any atom is 0.307 e. The molecule has 5 heteroatoms. The third kappa shape index (κ3) is 3.30. The van der Waals surface area contributed by atoms with E-state index in [1.54, 1.807) is 36.5 Å². The van der Waals surface area contributed by atoms with E-state index in [1.165, 1.54) is 0 Å². The third-order valence-corrected chi connectivity index (χ3v) is 2.70. The molecule has 0 saturated carbocycles. The molecule has 1 N–H and O–H groups in total. The summed E-state index contributed by atoms with van der Waals surface area (Å²) in [4.78, 5) is 14.8. The molecule has 0 saturated heterocycles. The summed E-state index contributed by atoms with van der Waals surface area (Å²) in [6.07, 6.45) is 1.54. The van der Waals surface area contributed by atoms with Crippen LogP contribution in [0.1, 0.15) is 5.56 Å². The lowest BCUT2D eigenvalue weighted by Crippen LogP contribution is -2.02. The van der Waals surface area contributed by atoms with Crippen LogP contribution in [-0.2, 0) is 11.2 Å². The van der Waals surface area contributed by atoms with Crippen LogP contribution < -0.4 is 4.74 Å². The van der Waals surface area contributed by atoms with E-state index in [0.717, 1.165) is 4.47 Å². The van der Waals surface area contributed by atoms with Gasteiger partial charge < -0.3 is 9.84 Å². The van der Waals surface area contributed by atoms with Crippen molar-refractivity contribution in [2.75, 3.05) is 0 Å². The Kier molecular flexibility index (Phi) is 3.94. The van der Waals surface area contributed by atoms with E-state index in [1.807, 2.05) is 6.07 Å². The molecule has 1 heterocycles. The van der Waals surface area contributed by atoms with E-state index in [2.05, 4.69) is 20.9 Å². The molecule has 0 unspecified atom stereocenters. The van der Waals surface area contributed by atoms with Crippen LogP contribution in [0.2, 0.25) is 0 Å². The van der Waals surface area contributed by atoms with Crippen LogP contribution in [0.5, 0.6) is 11.6 Å². The van der Waals surface area contributed by atoms with E-state index < -0.39 is 5.97 Å². The first-order valence-electron chi connectivity index (χ1n) is 5.24. The number of rotatable bonds is 4. The summed E-state index contributed by atoms with van der Waals surface area (Å²) in [5.41, 5.74) is 0.620. The second-order valence-corrected chi connectivity index (χ2v) is 4.51. The highest BCUT2D eigenvalue weighted by atomic mass is 79.9. The third-order valence-electron chi connectivity index (χ3n) is 2.23. The molecule has 0 spiro atoms. The van der Waals surface area contributed by atoms with Crippen LogP contribution in [-0.4, -0.2) is 16.1 Å². The number of halogens is 1. The summed E-state index contributed by atoms with van der Waals surface area (Å²) in [7, 11) is 0. The Labute approximate surface area is 112 Å². The predicted molar refractivity (Wildman–Crippen MR) is 69.8 cm³/mol. The summed E-state index contributed by atoms with van der Waals surface area (Å²) >= 11 is 3.28. The van der Waals surface area contributed by atoms with Gasteiger partial charge in [0.15, 0.2) is 0 Å². The number of carboxylic acid groups (broad SMARTS) is 1. The molecule has 0 radical (unpaired) electrons. The second kappa shape index (κ2) is 5.64. The Balaban J connectivity index is 2.23. The van der Waals surface area contributed by atoms with Crippen molar-refractivity contribution >= 4 is 21.9 Å². The van der Waals surface area contributed by atoms with Crippen LogP contribution >= 0.6 is 15.9 Å². The molecule has 2 aromatic rings. The molecule has 0 bridgehead atoms. The molecule has 92 valence electrons. The highest BCUT2D eigenvalue weighted by Crippen LogP contribution is 2.24. The molecule has 0 atom stereocenters. The zero-order valence-electron chi connectivity index (χ0n) is 9.34. The van der Waals surface area contributed by atoms with Gasteiger partial charge in [-0.05, 0) is 28.1 Å². The fraction of sp³-hybridized carbons (Fsp3) is 0.0769. The van der Waals surface area contributed by atoms with Gasteiger partial charge in [0.1, 0.15) is 5.75 Å². The fourth-order valence-corrected chi connectivity index (χ4v) is 1.68. The minimum Gasteiger partial charge on any atom is -0.481 e. The van der Waals surface area contributed by atoms with Crippen molar-refractivity contribution in [3.8, 4) is 11.6 Å². The lowest BCUT2D eigenvalue weighted by atomic mass is 10.1. The van der Waals surface area contributed by atoms with Gasteiger partial charge in [-0.25, -0.2) is 4.98 Å². The van der Waals surface area contributed by atoms with Crippen molar-refractivity contribution in [3.05, 3.63) is 52.6 Å². The summed E-state index contributed by atoms with van der Waals surface area (Å²) in [6, 6.07) is 10.5. The highest BCUT2D eigenvalue weighted by Gasteiger charge is 2.08. The Bertz CT molecular complexity index is 554. The minimum atomic E-state index is -0.894. The average Bonchev–Trinajstić information content (AvgIpc) is 2.34. The quantitative estimate of drug-likeness (QED) is 0.942. The number of carboxylic acids is 1. The first kappa shape index (κ1) is 12.6. The van der Waals surface area contributed by atoms with Gasteiger partial charge in [0.05, 0.1) is 6.42 Å². The van der Waals surface area contributed by atoms with Crippen LogP contribution in [0, 0.1) is 0 Å². The number of aliphatic carboxylic acids is 1. The first-order chi connectivity index (χ1) is 8.65. The number of para-hydroxylation sites is 1. The largest absolute Gasteiger partial charge is 0.481 e. The van der Waals surface area contributed by atoms with Gasteiger partial charge in [0.25, 0.3) is 0 Å². The zero-order chi connectivity index (χ0) is 13.0. The Hall–Kier alpha value is -1.88. The number of pyridine rings is 1. The lowest BCUT2D eigenvalue weighted by Gasteiger charge is -2.08. The smallest absolute Gasteiger partial charge is 0.307 e. The van der Waals surface area contributed by atoms with Gasteiger partial charge in [-0.15, -0.1) is 0 Å². The monoisotopic (exact) mass is 307 g/mol. The number of hydrogen-bond donors (Lipinski definition) is 1. The van der Waals surface area contributed by atoms with Crippen molar-refractivity contribution < 1.29 is 14.6 Å². The number of ether oxygens (including phenoxy) is 1. The van der Waals surface area contributed by atoms with Crippen LogP contribution in [0.3, 0.4) is 0 Å².